The highest BCUT2D eigenvalue weighted by atomic mass is 19.4. The maximum Gasteiger partial charge on any atom is 0.434 e. The molecule has 11 heteroatoms. The lowest BCUT2D eigenvalue weighted by Crippen LogP contribution is -2.46. The number of hydrogen-bond donors (Lipinski definition) is 2. The summed E-state index contributed by atoms with van der Waals surface area (Å²) in [7, 11) is 0. The molecule has 0 saturated carbocycles. The normalized spacial score (nSPS) is 12.7. The molecule has 0 unspecified atom stereocenters. The predicted molar refractivity (Wildman–Crippen MR) is 55.8 cm³/mol. The van der Waals surface area contributed by atoms with E-state index in [9.17, 15) is 26.3 Å². The first-order chi connectivity index (χ1) is 8.96. The average Bonchev–Trinajstić information content (AvgIpc) is 2.26. The van der Waals surface area contributed by atoms with Crippen LogP contribution in [0.2, 0.25) is 0 Å². The van der Waals surface area contributed by atoms with Crippen LogP contribution in [0, 0.1) is 13.8 Å². The van der Waals surface area contributed by atoms with Gasteiger partial charge in [-0.2, -0.15) is 31.3 Å². The van der Waals surface area contributed by atoms with Crippen molar-refractivity contribution in [3.63, 3.8) is 0 Å². The van der Waals surface area contributed by atoms with Crippen LogP contribution < -0.4 is 16.0 Å². The van der Waals surface area contributed by atoms with E-state index in [1.165, 1.54) is 13.8 Å². The fourth-order valence-corrected chi connectivity index (χ4v) is 1.29. The standard InChI is InChI=1S/C9H10F6N4O/c1-3-5(19-16)17-4(2)18-6(3)20-7(8(10,11)12)9(13,14)15/h7H,16H2,1-2H3,(H,17,18,19). The highest BCUT2D eigenvalue weighted by Gasteiger charge is 2.59. The third-order valence-electron chi connectivity index (χ3n) is 2.17. The van der Waals surface area contributed by atoms with Gasteiger partial charge >= 0.3 is 12.4 Å². The van der Waals surface area contributed by atoms with E-state index in [-0.39, 0.29) is 17.2 Å². The van der Waals surface area contributed by atoms with Crippen LogP contribution in [-0.2, 0) is 0 Å². The highest BCUT2D eigenvalue weighted by Crippen LogP contribution is 2.37. The molecule has 20 heavy (non-hydrogen) atoms. The Morgan fingerprint density at radius 1 is 1.05 bits per heavy atom. The smallest absolute Gasteiger partial charge is 0.434 e. The SMILES string of the molecule is Cc1nc(NN)c(C)c(OC(C(F)(F)F)C(F)(F)F)n1. The van der Waals surface area contributed by atoms with E-state index in [1.807, 2.05) is 5.43 Å². The van der Waals surface area contributed by atoms with Crippen LogP contribution in [0.25, 0.3) is 0 Å². The van der Waals surface area contributed by atoms with E-state index in [2.05, 4.69) is 14.7 Å². The van der Waals surface area contributed by atoms with Gasteiger partial charge in [0.25, 0.3) is 6.10 Å². The van der Waals surface area contributed by atoms with Crippen LogP contribution in [0.15, 0.2) is 0 Å². The van der Waals surface area contributed by atoms with Crippen molar-refractivity contribution in [3.05, 3.63) is 11.4 Å². The monoisotopic (exact) mass is 304 g/mol. The fourth-order valence-electron chi connectivity index (χ4n) is 1.29. The van der Waals surface area contributed by atoms with Gasteiger partial charge in [0.2, 0.25) is 5.88 Å². The Morgan fingerprint density at radius 3 is 1.95 bits per heavy atom. The number of alkyl halides is 6. The zero-order chi connectivity index (χ0) is 15.7. The van der Waals surface area contributed by atoms with Crippen LogP contribution in [-0.4, -0.2) is 28.4 Å². The zero-order valence-electron chi connectivity index (χ0n) is 10.2. The third-order valence-corrected chi connectivity index (χ3v) is 2.17. The Morgan fingerprint density at radius 2 is 1.55 bits per heavy atom. The number of nitrogens with zero attached hydrogens (tertiary/aromatic N) is 2. The van der Waals surface area contributed by atoms with Crippen LogP contribution in [0.4, 0.5) is 32.2 Å². The summed E-state index contributed by atoms with van der Waals surface area (Å²) >= 11 is 0. The van der Waals surface area contributed by atoms with Gasteiger partial charge in [0, 0.05) is 0 Å². The first-order valence-corrected chi connectivity index (χ1v) is 5.08. The Bertz CT molecular complexity index is 473. The molecule has 0 atom stereocenters. The molecule has 5 nitrogen and oxygen atoms in total. The van der Waals surface area contributed by atoms with Gasteiger partial charge in [-0.15, -0.1) is 0 Å². The number of ether oxygens (including phenoxy) is 1. The lowest BCUT2D eigenvalue weighted by atomic mass is 10.3. The van der Waals surface area contributed by atoms with Gasteiger partial charge in [0.05, 0.1) is 5.56 Å². The summed E-state index contributed by atoms with van der Waals surface area (Å²) < 4.78 is 78.3. The van der Waals surface area contributed by atoms with Crippen molar-refractivity contribution in [2.75, 3.05) is 5.43 Å². The zero-order valence-corrected chi connectivity index (χ0v) is 10.2. The molecule has 0 spiro atoms. The van der Waals surface area contributed by atoms with Crippen LogP contribution >= 0.6 is 0 Å². The van der Waals surface area contributed by atoms with Crippen molar-refractivity contribution >= 4 is 5.82 Å². The number of nitrogen functional groups attached to an aromatic ring is 1. The Kier molecular flexibility index (Phi) is 4.32. The number of halogens is 6. The van der Waals surface area contributed by atoms with Crippen molar-refractivity contribution in [3.8, 4) is 5.88 Å². The van der Waals surface area contributed by atoms with Crippen molar-refractivity contribution < 1.29 is 31.1 Å². The summed E-state index contributed by atoms with van der Waals surface area (Å²) in [6.45, 7) is 2.44. The van der Waals surface area contributed by atoms with Gasteiger partial charge in [-0.1, -0.05) is 0 Å². The van der Waals surface area contributed by atoms with Crippen molar-refractivity contribution in [1.82, 2.24) is 9.97 Å². The summed E-state index contributed by atoms with van der Waals surface area (Å²) in [4.78, 5) is 7.11. The summed E-state index contributed by atoms with van der Waals surface area (Å²) in [6, 6.07) is 0. The van der Waals surface area contributed by atoms with Gasteiger partial charge in [-0.3, -0.25) is 0 Å². The van der Waals surface area contributed by atoms with Crippen LogP contribution in [0.1, 0.15) is 11.4 Å². The van der Waals surface area contributed by atoms with Gasteiger partial charge in [-0.05, 0) is 13.8 Å². The second kappa shape index (κ2) is 5.31. The lowest BCUT2D eigenvalue weighted by molar-refractivity contribution is -0.300. The number of rotatable bonds is 3. The minimum atomic E-state index is -5.63. The summed E-state index contributed by atoms with van der Waals surface area (Å²) in [6.07, 6.45) is -15.2. The van der Waals surface area contributed by atoms with Gasteiger partial charge in [-0.25, -0.2) is 10.8 Å². The largest absolute Gasteiger partial charge is 0.454 e. The maximum atomic E-state index is 12.4. The number of hydrogen-bond acceptors (Lipinski definition) is 5. The number of aromatic nitrogens is 2. The van der Waals surface area contributed by atoms with Gasteiger partial charge in [0.15, 0.2) is 0 Å². The van der Waals surface area contributed by atoms with Crippen molar-refractivity contribution in [2.45, 2.75) is 32.3 Å². The number of hydrazine groups is 1. The quantitative estimate of drug-likeness (QED) is 0.509. The molecule has 0 saturated heterocycles. The molecule has 0 aliphatic heterocycles. The summed E-state index contributed by atoms with van der Waals surface area (Å²) in [5, 5.41) is 0. The second-order valence-electron chi connectivity index (χ2n) is 3.78. The lowest BCUT2D eigenvalue weighted by Gasteiger charge is -2.24. The molecule has 0 aliphatic rings. The first kappa shape index (κ1) is 16.3. The van der Waals surface area contributed by atoms with E-state index < -0.39 is 24.3 Å². The fraction of sp³-hybridized carbons (Fsp3) is 0.556. The number of nitrogens with two attached hydrogens (primary N) is 1. The molecule has 1 aromatic heterocycles. The molecule has 1 rings (SSSR count). The molecule has 1 heterocycles. The van der Waals surface area contributed by atoms with Gasteiger partial charge < -0.3 is 10.2 Å². The minimum absolute atomic E-state index is 0.0957. The van der Waals surface area contributed by atoms with E-state index in [4.69, 9.17) is 5.84 Å². The highest BCUT2D eigenvalue weighted by molar-refractivity contribution is 5.47. The van der Waals surface area contributed by atoms with Crippen molar-refractivity contribution in [1.29, 1.82) is 0 Å². The van der Waals surface area contributed by atoms with Crippen molar-refractivity contribution in [2.24, 2.45) is 5.84 Å². The van der Waals surface area contributed by atoms with Gasteiger partial charge in [0.1, 0.15) is 11.6 Å². The molecule has 0 aliphatic carbocycles. The number of aryl methyl sites for hydroxylation is 1. The predicted octanol–water partition coefficient (Wildman–Crippen LogP) is 2.25. The third kappa shape index (κ3) is 3.62. The molecular formula is C9H10F6N4O. The molecule has 114 valence electrons. The molecule has 0 bridgehead atoms. The van der Waals surface area contributed by atoms with Crippen LogP contribution in [0.5, 0.6) is 5.88 Å². The Balaban J connectivity index is 3.22. The van der Waals surface area contributed by atoms with E-state index in [1.54, 1.807) is 0 Å². The van der Waals surface area contributed by atoms with E-state index in [0.717, 1.165) is 0 Å². The number of anilines is 1. The Labute approximate surface area is 109 Å². The average molecular weight is 304 g/mol. The molecule has 1 aromatic rings. The molecule has 0 aromatic carbocycles. The van der Waals surface area contributed by atoms with E-state index in [0.29, 0.717) is 0 Å². The molecular weight excluding hydrogens is 294 g/mol. The molecule has 0 radical (unpaired) electrons. The minimum Gasteiger partial charge on any atom is -0.454 e. The maximum absolute atomic E-state index is 12.4. The Hall–Kier alpha value is -1.78. The topological polar surface area (TPSA) is 73.1 Å². The van der Waals surface area contributed by atoms with E-state index >= 15 is 0 Å². The molecule has 0 amide bonds. The number of nitrogens with one attached hydrogen (secondary N) is 1. The second-order valence-corrected chi connectivity index (χ2v) is 3.78. The van der Waals surface area contributed by atoms with Crippen LogP contribution in [0.3, 0.4) is 0 Å². The molecule has 3 N–H and O–H groups in total. The summed E-state index contributed by atoms with van der Waals surface area (Å²) in [5.74, 6) is 3.98. The summed E-state index contributed by atoms with van der Waals surface area (Å²) in [5.41, 5.74) is 1.86. The first-order valence-electron chi connectivity index (χ1n) is 5.08. The molecule has 0 fully saturated rings.